The van der Waals surface area contributed by atoms with Crippen molar-refractivity contribution >= 4 is 5.78 Å². The lowest BCUT2D eigenvalue weighted by atomic mass is 9.92. The van der Waals surface area contributed by atoms with E-state index in [0.29, 0.717) is 0 Å². The van der Waals surface area contributed by atoms with Gasteiger partial charge in [0, 0.05) is 23.8 Å². The van der Waals surface area contributed by atoms with Crippen molar-refractivity contribution in [3.8, 4) is 28.7 Å². The number of aromatic hydroxyl groups is 4. The molecule has 172 valence electrons. The lowest BCUT2D eigenvalue weighted by molar-refractivity contribution is -0.304. The first-order valence-corrected chi connectivity index (χ1v) is 9.71. The van der Waals surface area contributed by atoms with E-state index in [1.807, 2.05) is 0 Å². The molecule has 2 aromatic carbocycles. The molecule has 7 atom stereocenters. The molecule has 7 N–H and O–H groups in total. The van der Waals surface area contributed by atoms with Gasteiger partial charge in [0.15, 0.2) is 18.5 Å². The number of aliphatic hydroxyl groups is 3. The Morgan fingerprint density at radius 3 is 2.12 bits per heavy atom. The Labute approximate surface area is 181 Å². The van der Waals surface area contributed by atoms with Crippen LogP contribution in [0, 0.1) is 0 Å². The summed E-state index contributed by atoms with van der Waals surface area (Å²) in [6, 6.07) is 5.52. The summed E-state index contributed by atoms with van der Waals surface area (Å²) in [4.78, 5) is 13.3. The number of phenolic OH excluding ortho intramolecular Hbond substituents is 4. The summed E-state index contributed by atoms with van der Waals surface area (Å²) < 4.78 is 16.9. The maximum Gasteiger partial charge on any atom is 0.203 e. The molecule has 0 bridgehead atoms. The average molecular weight is 450 g/mol. The third kappa shape index (κ3) is 3.80. The highest BCUT2D eigenvalue weighted by atomic mass is 16.7. The van der Waals surface area contributed by atoms with Crippen LogP contribution >= 0.6 is 0 Å². The third-order valence-electron chi connectivity index (χ3n) is 5.44. The Bertz CT molecular complexity index is 1020. The van der Waals surface area contributed by atoms with Gasteiger partial charge in [-0.25, -0.2) is 0 Å². The van der Waals surface area contributed by atoms with Crippen molar-refractivity contribution in [1.82, 2.24) is 0 Å². The molecule has 1 fully saturated rings. The van der Waals surface area contributed by atoms with Crippen molar-refractivity contribution in [3.05, 3.63) is 41.5 Å². The van der Waals surface area contributed by atoms with E-state index in [1.165, 1.54) is 19.1 Å². The van der Waals surface area contributed by atoms with Crippen LogP contribution in [0.2, 0.25) is 0 Å². The molecule has 11 nitrogen and oxygen atoms in total. The molecule has 0 radical (unpaired) electrons. The molecule has 0 spiro atoms. The molecule has 0 aromatic heterocycles. The number of phenols is 4. The van der Waals surface area contributed by atoms with Gasteiger partial charge in [0.25, 0.3) is 0 Å². The van der Waals surface area contributed by atoms with Gasteiger partial charge in [-0.15, -0.1) is 0 Å². The van der Waals surface area contributed by atoms with E-state index in [4.69, 9.17) is 14.2 Å². The third-order valence-corrected chi connectivity index (χ3v) is 5.44. The van der Waals surface area contributed by atoms with E-state index in [9.17, 15) is 40.5 Å². The number of fused-ring (bicyclic) bond motifs is 1. The number of ether oxygens (including phenoxy) is 3. The molecule has 1 saturated heterocycles. The topological polar surface area (TPSA) is 186 Å². The van der Waals surface area contributed by atoms with Gasteiger partial charge >= 0.3 is 0 Å². The lowest BCUT2D eigenvalue weighted by Gasteiger charge is -2.42. The maximum atomic E-state index is 13.3. The summed E-state index contributed by atoms with van der Waals surface area (Å²) in [6.07, 6.45) is -10.1. The van der Waals surface area contributed by atoms with Gasteiger partial charge < -0.3 is 50.0 Å². The zero-order valence-corrected chi connectivity index (χ0v) is 16.7. The highest BCUT2D eigenvalue weighted by Crippen LogP contribution is 2.44. The predicted molar refractivity (Wildman–Crippen MR) is 104 cm³/mol. The quantitative estimate of drug-likeness (QED) is 0.335. The number of aliphatic hydroxyl groups excluding tert-OH is 3. The molecule has 4 rings (SSSR count). The van der Waals surface area contributed by atoms with Crippen molar-refractivity contribution in [2.24, 2.45) is 0 Å². The van der Waals surface area contributed by atoms with Crippen LogP contribution in [0.15, 0.2) is 30.3 Å². The molecule has 0 unspecified atom stereocenters. The SMILES string of the molecule is C[C@@H]1O[C@@H](O[C@@H]2C(=O)c3c(O)cc(O)cc3O[C@@H]2c2cc(O)cc(O)c2)[C@@H](O)[C@H](O)[C@H]1O. The van der Waals surface area contributed by atoms with Gasteiger partial charge in [-0.2, -0.15) is 0 Å². The maximum absolute atomic E-state index is 13.3. The number of hydrogen-bond acceptors (Lipinski definition) is 11. The van der Waals surface area contributed by atoms with Gasteiger partial charge in [0.2, 0.25) is 5.78 Å². The monoisotopic (exact) mass is 450 g/mol. The molecule has 0 amide bonds. The smallest absolute Gasteiger partial charge is 0.203 e. The summed E-state index contributed by atoms with van der Waals surface area (Å²) in [6.45, 7) is 1.43. The van der Waals surface area contributed by atoms with E-state index < -0.39 is 54.4 Å². The highest BCUT2D eigenvalue weighted by Gasteiger charge is 2.48. The fourth-order valence-corrected chi connectivity index (χ4v) is 3.83. The van der Waals surface area contributed by atoms with Crippen LogP contribution in [0.3, 0.4) is 0 Å². The fourth-order valence-electron chi connectivity index (χ4n) is 3.83. The minimum Gasteiger partial charge on any atom is -0.508 e. The number of ketones is 1. The largest absolute Gasteiger partial charge is 0.508 e. The Morgan fingerprint density at radius 1 is 0.844 bits per heavy atom. The van der Waals surface area contributed by atoms with Crippen molar-refractivity contribution in [1.29, 1.82) is 0 Å². The van der Waals surface area contributed by atoms with E-state index in [1.54, 1.807) is 0 Å². The highest BCUT2D eigenvalue weighted by molar-refractivity contribution is 6.05. The van der Waals surface area contributed by atoms with Gasteiger partial charge in [-0.3, -0.25) is 4.79 Å². The second-order valence-corrected chi connectivity index (χ2v) is 7.76. The number of hydrogen-bond donors (Lipinski definition) is 7. The molecule has 0 aliphatic carbocycles. The van der Waals surface area contributed by atoms with Gasteiger partial charge in [-0.05, 0) is 19.1 Å². The van der Waals surface area contributed by atoms with Crippen LogP contribution in [0.25, 0.3) is 0 Å². The molecular weight excluding hydrogens is 428 g/mol. The van der Waals surface area contributed by atoms with E-state index >= 15 is 0 Å². The van der Waals surface area contributed by atoms with E-state index in [0.717, 1.165) is 18.2 Å². The second-order valence-electron chi connectivity index (χ2n) is 7.76. The molecular formula is C21H22O11. The van der Waals surface area contributed by atoms with Crippen molar-refractivity contribution < 1.29 is 54.8 Å². The van der Waals surface area contributed by atoms with Crippen LogP contribution < -0.4 is 4.74 Å². The van der Waals surface area contributed by atoms with Crippen LogP contribution in [0.5, 0.6) is 28.7 Å². The minimum absolute atomic E-state index is 0.105. The molecule has 11 heteroatoms. The van der Waals surface area contributed by atoms with Crippen LogP contribution in [-0.2, 0) is 9.47 Å². The van der Waals surface area contributed by atoms with Gasteiger partial charge in [0.1, 0.15) is 52.6 Å². The van der Waals surface area contributed by atoms with Crippen LogP contribution in [-0.4, -0.2) is 78.3 Å². The Hall–Kier alpha value is -3.09. The minimum atomic E-state index is -1.72. The molecule has 2 aliphatic heterocycles. The van der Waals surface area contributed by atoms with Gasteiger partial charge in [0.05, 0.1) is 6.10 Å². The summed E-state index contributed by atoms with van der Waals surface area (Å²) >= 11 is 0. The van der Waals surface area contributed by atoms with Crippen LogP contribution in [0.4, 0.5) is 0 Å². The summed E-state index contributed by atoms with van der Waals surface area (Å²) in [7, 11) is 0. The second kappa shape index (κ2) is 8.11. The number of rotatable bonds is 3. The number of Topliss-reactive ketones (excluding diaryl/α,β-unsaturated/α-hetero) is 1. The first-order valence-electron chi connectivity index (χ1n) is 9.71. The van der Waals surface area contributed by atoms with E-state index in [2.05, 4.69) is 0 Å². The Morgan fingerprint density at radius 2 is 1.47 bits per heavy atom. The number of benzene rings is 2. The lowest BCUT2D eigenvalue weighted by Crippen LogP contribution is -2.59. The predicted octanol–water partition coefficient (Wildman–Crippen LogP) is 0.0381. The van der Waals surface area contributed by atoms with Crippen molar-refractivity contribution in [3.63, 3.8) is 0 Å². The molecule has 32 heavy (non-hydrogen) atoms. The summed E-state index contributed by atoms with van der Waals surface area (Å²) in [5, 5.41) is 70.0. The molecule has 2 aromatic rings. The zero-order valence-electron chi connectivity index (χ0n) is 16.7. The van der Waals surface area contributed by atoms with Gasteiger partial charge in [-0.1, -0.05) is 0 Å². The molecule has 2 heterocycles. The van der Waals surface area contributed by atoms with Crippen molar-refractivity contribution in [2.75, 3.05) is 0 Å². The number of carbonyl (C=O) groups excluding carboxylic acids is 1. The first kappa shape index (κ1) is 22.1. The first-order chi connectivity index (χ1) is 15.1. The van der Waals surface area contributed by atoms with E-state index in [-0.39, 0.29) is 34.1 Å². The number of carbonyl (C=O) groups is 1. The Balaban J connectivity index is 1.76. The zero-order chi connectivity index (χ0) is 23.3. The fraction of sp³-hybridized carbons (Fsp3) is 0.381. The van der Waals surface area contributed by atoms with Crippen LogP contribution in [0.1, 0.15) is 28.9 Å². The molecule has 0 saturated carbocycles. The Kier molecular flexibility index (Phi) is 5.61. The standard InChI is InChI=1S/C21H22O11/c1-7-15(26)17(28)18(29)21(30-7)32-20-16(27)14-12(25)5-11(24)6-13(14)31-19(20)8-2-9(22)4-10(23)3-8/h2-7,15,17-26,28-29H,1H3/t7-,15-,17+,18-,19+,20+,21-/m0/s1. The normalized spacial score (nSPS) is 32.2. The average Bonchev–Trinajstić information content (AvgIpc) is 2.70. The summed E-state index contributed by atoms with van der Waals surface area (Å²) in [5.41, 5.74) is -0.194. The molecule has 2 aliphatic rings. The summed E-state index contributed by atoms with van der Waals surface area (Å²) in [5.74, 6) is -2.59. The van der Waals surface area contributed by atoms with Crippen molar-refractivity contribution in [2.45, 2.75) is 49.8 Å².